The quantitative estimate of drug-likeness (QED) is 0.471. The molecular weight excluding hydrogens is 495 g/mol. The van der Waals surface area contributed by atoms with Crippen LogP contribution < -0.4 is 4.90 Å². The summed E-state index contributed by atoms with van der Waals surface area (Å²) in [6.07, 6.45) is -2.30. The minimum atomic E-state index is -4.64. The molecule has 1 aliphatic heterocycles. The van der Waals surface area contributed by atoms with Gasteiger partial charge in [-0.2, -0.15) is 13.2 Å². The molecule has 1 saturated heterocycles. The lowest BCUT2D eigenvalue weighted by Gasteiger charge is -2.42. The van der Waals surface area contributed by atoms with Crippen LogP contribution >= 0.6 is 0 Å². The number of piperazine rings is 1. The number of hydrogen-bond donors (Lipinski definition) is 1. The van der Waals surface area contributed by atoms with Crippen LogP contribution in [-0.2, 0) is 20.4 Å². The van der Waals surface area contributed by atoms with E-state index >= 15 is 0 Å². The fraction of sp³-hybridized carbons (Fsp3) is 0.552. The summed E-state index contributed by atoms with van der Waals surface area (Å²) in [5.74, 6) is 0.323. The Morgan fingerprint density at radius 2 is 1.61 bits per heavy atom. The molecule has 2 aromatic rings. The molecule has 0 spiro atoms. The third kappa shape index (κ3) is 7.79. The molecule has 0 saturated carbocycles. The molecule has 1 fully saturated rings. The van der Waals surface area contributed by atoms with Crippen molar-refractivity contribution in [1.29, 1.82) is 0 Å². The fourth-order valence-corrected chi connectivity index (χ4v) is 5.16. The van der Waals surface area contributed by atoms with Crippen molar-refractivity contribution in [2.75, 3.05) is 37.6 Å². The number of aliphatic carboxylic acids is 1. The second-order valence-electron chi connectivity index (χ2n) is 11.4. The van der Waals surface area contributed by atoms with E-state index in [9.17, 15) is 18.0 Å². The summed E-state index contributed by atoms with van der Waals surface area (Å²) in [6, 6.07) is 13.3. The monoisotopic (exact) mass is 533 g/mol. The lowest BCUT2D eigenvalue weighted by atomic mass is 9.63. The largest absolute Gasteiger partial charge is 0.481 e. The summed E-state index contributed by atoms with van der Waals surface area (Å²) >= 11 is 0. The highest BCUT2D eigenvalue weighted by molar-refractivity contribution is 5.66. The summed E-state index contributed by atoms with van der Waals surface area (Å²) in [5, 5.41) is 8.84. The smallest absolute Gasteiger partial charge is 0.446 e. The Kier molecular flexibility index (Phi) is 9.23. The maximum Gasteiger partial charge on any atom is 0.446 e. The number of hydrogen-bond acceptors (Lipinski definition) is 5. The topological polar surface area (TPSA) is 73.7 Å². The summed E-state index contributed by atoms with van der Waals surface area (Å²) in [6.45, 7) is 14.1. The van der Waals surface area contributed by atoms with E-state index in [0.717, 1.165) is 44.2 Å². The van der Waals surface area contributed by atoms with Crippen LogP contribution in [0.2, 0.25) is 0 Å². The van der Waals surface area contributed by atoms with Gasteiger partial charge in [0.15, 0.2) is 0 Å². The first-order chi connectivity index (χ1) is 17.7. The molecule has 6 nitrogen and oxygen atoms in total. The van der Waals surface area contributed by atoms with Crippen molar-refractivity contribution in [3.63, 3.8) is 0 Å². The number of nitrogens with zero attached hydrogens (tertiary/aromatic N) is 3. The number of carboxylic acid groups (broad SMARTS) is 1. The highest BCUT2D eigenvalue weighted by atomic mass is 19.4. The predicted octanol–water partition coefficient (Wildman–Crippen LogP) is 5.83. The highest BCUT2D eigenvalue weighted by Gasteiger charge is 2.37. The molecule has 0 unspecified atom stereocenters. The van der Waals surface area contributed by atoms with Crippen LogP contribution in [0.5, 0.6) is 0 Å². The van der Waals surface area contributed by atoms with Crippen molar-refractivity contribution in [3.8, 4) is 11.3 Å². The highest BCUT2D eigenvalue weighted by Crippen LogP contribution is 2.46. The molecular formula is C29H38F3N3O3. The Balaban J connectivity index is 0.000000599. The molecule has 38 heavy (non-hydrogen) atoms. The van der Waals surface area contributed by atoms with Crippen molar-refractivity contribution in [2.24, 2.45) is 0 Å². The second kappa shape index (κ2) is 11.8. The number of carbonyl (C=O) groups is 2. The van der Waals surface area contributed by atoms with Gasteiger partial charge < -0.3 is 10.0 Å². The summed E-state index contributed by atoms with van der Waals surface area (Å²) in [7, 11) is 0. The Hall–Kier alpha value is -2.94. The van der Waals surface area contributed by atoms with E-state index in [1.807, 2.05) is 0 Å². The maximum absolute atomic E-state index is 10.7. The van der Waals surface area contributed by atoms with Crippen LogP contribution in [0.1, 0.15) is 64.5 Å². The van der Waals surface area contributed by atoms with Crippen LogP contribution in [0.3, 0.4) is 0 Å². The molecule has 1 aromatic heterocycles. The van der Waals surface area contributed by atoms with E-state index < -0.39 is 18.4 Å². The van der Waals surface area contributed by atoms with Gasteiger partial charge in [0.1, 0.15) is 5.82 Å². The third-order valence-corrected chi connectivity index (χ3v) is 7.58. The average Bonchev–Trinajstić information content (AvgIpc) is 2.87. The molecule has 0 bridgehead atoms. The summed E-state index contributed by atoms with van der Waals surface area (Å²) in [4.78, 5) is 29.2. The number of rotatable bonds is 6. The zero-order valence-electron chi connectivity index (χ0n) is 22.6. The predicted molar refractivity (Wildman–Crippen MR) is 143 cm³/mol. The first-order valence-electron chi connectivity index (χ1n) is 13.1. The van der Waals surface area contributed by atoms with Gasteiger partial charge >= 0.3 is 12.1 Å². The number of fused-ring (bicyclic) bond motifs is 1. The molecule has 1 aromatic carbocycles. The molecule has 0 atom stereocenters. The molecule has 0 amide bonds. The molecule has 1 aliphatic carbocycles. The van der Waals surface area contributed by atoms with E-state index in [4.69, 9.17) is 14.9 Å². The number of halogens is 3. The average molecular weight is 534 g/mol. The number of carbonyl (C=O) groups excluding carboxylic acids is 1. The number of anilines is 1. The Morgan fingerprint density at radius 1 is 1.00 bits per heavy atom. The van der Waals surface area contributed by atoms with Gasteiger partial charge in [0.05, 0.1) is 5.69 Å². The molecule has 9 heteroatoms. The number of aromatic nitrogens is 1. The van der Waals surface area contributed by atoms with E-state index in [1.54, 1.807) is 0 Å². The van der Waals surface area contributed by atoms with Crippen molar-refractivity contribution < 1.29 is 27.9 Å². The van der Waals surface area contributed by atoms with Gasteiger partial charge in [-0.3, -0.25) is 14.5 Å². The SMILES string of the molecule is CC1(C)CCC(C)(C)c2cc(-c3cccc(N4CCN(CCCC(=O)O)CC4)n3)ccc21.O=CC(F)(F)F. The van der Waals surface area contributed by atoms with E-state index in [2.05, 4.69) is 73.9 Å². The molecule has 208 valence electrons. The second-order valence-corrected chi connectivity index (χ2v) is 11.4. The van der Waals surface area contributed by atoms with Gasteiger partial charge in [0, 0.05) is 38.2 Å². The third-order valence-electron chi connectivity index (χ3n) is 7.58. The molecule has 0 radical (unpaired) electrons. The first-order valence-corrected chi connectivity index (χ1v) is 13.1. The van der Waals surface area contributed by atoms with Crippen molar-refractivity contribution in [2.45, 2.75) is 70.4 Å². The van der Waals surface area contributed by atoms with Crippen LogP contribution in [0, 0.1) is 0 Å². The normalized spacial score (nSPS) is 18.7. The Labute approximate surface area is 222 Å². The maximum atomic E-state index is 10.7. The van der Waals surface area contributed by atoms with E-state index in [1.165, 1.54) is 29.5 Å². The van der Waals surface area contributed by atoms with Crippen molar-refractivity contribution in [3.05, 3.63) is 47.5 Å². The first kappa shape index (κ1) is 29.6. The zero-order valence-corrected chi connectivity index (χ0v) is 22.6. The van der Waals surface area contributed by atoms with Crippen molar-refractivity contribution >= 4 is 18.1 Å². The number of aldehydes is 1. The van der Waals surface area contributed by atoms with Crippen molar-refractivity contribution in [1.82, 2.24) is 9.88 Å². The van der Waals surface area contributed by atoms with Gasteiger partial charge in [-0.05, 0) is 66.0 Å². The minimum Gasteiger partial charge on any atom is -0.481 e. The van der Waals surface area contributed by atoms with Crippen LogP contribution in [0.25, 0.3) is 11.3 Å². The van der Waals surface area contributed by atoms with Gasteiger partial charge in [-0.25, -0.2) is 4.98 Å². The summed E-state index contributed by atoms with van der Waals surface area (Å²) in [5.41, 5.74) is 5.59. The zero-order chi connectivity index (χ0) is 28.1. The van der Waals surface area contributed by atoms with Crippen LogP contribution in [-0.4, -0.2) is 66.1 Å². The van der Waals surface area contributed by atoms with Gasteiger partial charge in [-0.15, -0.1) is 0 Å². The van der Waals surface area contributed by atoms with Crippen LogP contribution in [0.15, 0.2) is 36.4 Å². The van der Waals surface area contributed by atoms with E-state index in [-0.39, 0.29) is 17.3 Å². The van der Waals surface area contributed by atoms with Crippen LogP contribution in [0.4, 0.5) is 19.0 Å². The minimum absolute atomic E-state index is 0.190. The fourth-order valence-electron chi connectivity index (χ4n) is 5.16. The Bertz CT molecular complexity index is 1120. The molecule has 2 aliphatic rings. The molecule has 1 N–H and O–H groups in total. The van der Waals surface area contributed by atoms with Gasteiger partial charge in [0.25, 0.3) is 0 Å². The van der Waals surface area contributed by atoms with Gasteiger partial charge in [-0.1, -0.05) is 45.9 Å². The lowest BCUT2D eigenvalue weighted by Crippen LogP contribution is -2.47. The standard InChI is InChI=1S/C27H37N3O2.C2HF3O/c1-26(2)12-13-27(3,4)22-19-20(10-11-21(22)26)23-7-5-8-24(28-23)30-17-15-29(16-18-30)14-6-9-25(31)32;3-2(4,5)1-6/h5,7-8,10-11,19H,6,9,12-18H2,1-4H3,(H,31,32);1H. The molecule has 2 heterocycles. The number of alkyl halides is 3. The van der Waals surface area contributed by atoms with E-state index in [0.29, 0.717) is 6.42 Å². The van der Waals surface area contributed by atoms with Gasteiger partial charge in [0.2, 0.25) is 6.29 Å². The Morgan fingerprint density at radius 3 is 2.18 bits per heavy atom. The molecule has 4 rings (SSSR count). The number of carboxylic acids is 1. The number of pyridine rings is 1. The lowest BCUT2D eigenvalue weighted by molar-refractivity contribution is -0.156. The number of benzene rings is 1. The summed E-state index contributed by atoms with van der Waals surface area (Å²) < 4.78 is 31.2.